The molecule has 19 heavy (non-hydrogen) atoms. The van der Waals surface area contributed by atoms with Gasteiger partial charge in [-0.15, -0.1) is 11.8 Å². The number of carbonyl (C=O) groups is 1. The summed E-state index contributed by atoms with van der Waals surface area (Å²) in [6.45, 7) is 0. The van der Waals surface area contributed by atoms with Crippen LogP contribution >= 0.6 is 11.8 Å². The predicted octanol–water partition coefficient (Wildman–Crippen LogP) is 3.10. The van der Waals surface area contributed by atoms with E-state index in [9.17, 15) is 4.79 Å². The van der Waals surface area contributed by atoms with Crippen molar-refractivity contribution < 1.29 is 9.90 Å². The molecule has 2 bridgehead atoms. The van der Waals surface area contributed by atoms with Crippen molar-refractivity contribution >= 4 is 17.7 Å². The molecule has 2 heterocycles. The highest BCUT2D eigenvalue weighted by molar-refractivity contribution is 8.00. The van der Waals surface area contributed by atoms with Crippen LogP contribution in [0.1, 0.15) is 36.0 Å². The van der Waals surface area contributed by atoms with Gasteiger partial charge in [-0.25, -0.2) is 4.79 Å². The quantitative estimate of drug-likeness (QED) is 0.921. The fourth-order valence-electron chi connectivity index (χ4n) is 3.35. The van der Waals surface area contributed by atoms with E-state index in [0.717, 1.165) is 17.0 Å². The van der Waals surface area contributed by atoms with E-state index in [0.29, 0.717) is 10.8 Å². The number of rotatable bonds is 3. The molecule has 1 aromatic carbocycles. The van der Waals surface area contributed by atoms with Crippen molar-refractivity contribution in [1.29, 1.82) is 0 Å². The molecule has 1 N–H and O–H groups in total. The first-order chi connectivity index (χ1) is 9.13. The number of thioether (sulfide) groups is 1. The summed E-state index contributed by atoms with van der Waals surface area (Å²) in [5.41, 5.74) is 0.390. The van der Waals surface area contributed by atoms with Crippen molar-refractivity contribution in [3.05, 3.63) is 29.8 Å². The van der Waals surface area contributed by atoms with Gasteiger partial charge in [0, 0.05) is 22.2 Å². The van der Waals surface area contributed by atoms with Gasteiger partial charge in [0.2, 0.25) is 0 Å². The smallest absolute Gasteiger partial charge is 0.335 e. The molecule has 0 aromatic heterocycles. The zero-order valence-electron chi connectivity index (χ0n) is 11.1. The van der Waals surface area contributed by atoms with E-state index >= 15 is 0 Å². The second-order valence-corrected chi connectivity index (χ2v) is 6.97. The van der Waals surface area contributed by atoms with Gasteiger partial charge in [0.25, 0.3) is 0 Å². The Kier molecular flexibility index (Phi) is 3.54. The zero-order valence-corrected chi connectivity index (χ0v) is 11.9. The van der Waals surface area contributed by atoms with Crippen molar-refractivity contribution in [2.75, 3.05) is 7.05 Å². The van der Waals surface area contributed by atoms with Gasteiger partial charge in [-0.1, -0.05) is 6.07 Å². The lowest BCUT2D eigenvalue weighted by atomic mass is 10.0. The average molecular weight is 277 g/mol. The summed E-state index contributed by atoms with van der Waals surface area (Å²) in [5.74, 6) is -0.842. The molecule has 3 rings (SSSR count). The molecule has 0 aliphatic carbocycles. The first kappa shape index (κ1) is 13.0. The van der Waals surface area contributed by atoms with Gasteiger partial charge < -0.3 is 10.0 Å². The largest absolute Gasteiger partial charge is 0.478 e. The molecular weight excluding hydrogens is 258 g/mol. The minimum atomic E-state index is -0.842. The SMILES string of the molecule is CN1[C@@H]2CC[C@H]1C[C@H](Sc1cccc(C(=O)O)c1)C2. The lowest BCUT2D eigenvalue weighted by Gasteiger charge is -2.36. The maximum absolute atomic E-state index is 11.0. The molecule has 0 spiro atoms. The number of benzene rings is 1. The number of hydrogen-bond acceptors (Lipinski definition) is 3. The van der Waals surface area contributed by atoms with E-state index in [1.54, 1.807) is 12.1 Å². The molecule has 0 amide bonds. The monoisotopic (exact) mass is 277 g/mol. The minimum absolute atomic E-state index is 0.390. The van der Waals surface area contributed by atoms with Crippen molar-refractivity contribution in [3.63, 3.8) is 0 Å². The highest BCUT2D eigenvalue weighted by Gasteiger charge is 2.38. The van der Waals surface area contributed by atoms with Gasteiger partial charge in [-0.05, 0) is 50.9 Å². The molecule has 0 unspecified atom stereocenters. The van der Waals surface area contributed by atoms with Gasteiger partial charge in [-0.3, -0.25) is 0 Å². The summed E-state index contributed by atoms with van der Waals surface area (Å²) in [7, 11) is 2.24. The van der Waals surface area contributed by atoms with Gasteiger partial charge in [-0.2, -0.15) is 0 Å². The van der Waals surface area contributed by atoms with Crippen molar-refractivity contribution in [2.24, 2.45) is 0 Å². The van der Waals surface area contributed by atoms with Crippen LogP contribution in [0.2, 0.25) is 0 Å². The predicted molar refractivity (Wildman–Crippen MR) is 76.9 cm³/mol. The Morgan fingerprint density at radius 1 is 1.32 bits per heavy atom. The Morgan fingerprint density at radius 2 is 2.00 bits per heavy atom. The van der Waals surface area contributed by atoms with Crippen LogP contribution in [-0.2, 0) is 0 Å². The van der Waals surface area contributed by atoms with Crippen LogP contribution in [0.15, 0.2) is 29.2 Å². The number of aromatic carboxylic acids is 1. The Bertz CT molecular complexity index is 477. The number of carboxylic acids is 1. The number of hydrogen-bond donors (Lipinski definition) is 1. The topological polar surface area (TPSA) is 40.5 Å². The van der Waals surface area contributed by atoms with Crippen LogP contribution in [0.5, 0.6) is 0 Å². The second kappa shape index (κ2) is 5.17. The molecule has 3 atom stereocenters. The summed E-state index contributed by atoms with van der Waals surface area (Å²) < 4.78 is 0. The highest BCUT2D eigenvalue weighted by Crippen LogP contribution is 2.41. The third kappa shape index (κ3) is 2.65. The third-order valence-corrected chi connectivity index (χ3v) is 5.68. The fourth-order valence-corrected chi connectivity index (χ4v) is 4.73. The molecular formula is C15H19NO2S. The van der Waals surface area contributed by atoms with Crippen LogP contribution < -0.4 is 0 Å². The molecule has 2 saturated heterocycles. The summed E-state index contributed by atoms with van der Waals surface area (Å²) in [6.07, 6.45) is 5.12. The normalized spacial score (nSPS) is 30.5. The maximum atomic E-state index is 11.0. The Labute approximate surface area is 118 Å². The lowest BCUT2D eigenvalue weighted by Crippen LogP contribution is -2.40. The van der Waals surface area contributed by atoms with Gasteiger partial charge in [0.1, 0.15) is 0 Å². The van der Waals surface area contributed by atoms with E-state index in [2.05, 4.69) is 11.9 Å². The molecule has 0 radical (unpaired) electrons. The molecule has 3 nitrogen and oxygen atoms in total. The van der Waals surface area contributed by atoms with Crippen molar-refractivity contribution in [1.82, 2.24) is 4.90 Å². The van der Waals surface area contributed by atoms with Crippen molar-refractivity contribution in [3.8, 4) is 0 Å². The molecule has 4 heteroatoms. The molecule has 1 aromatic rings. The first-order valence-electron chi connectivity index (χ1n) is 6.85. The number of fused-ring (bicyclic) bond motifs is 2. The fraction of sp³-hybridized carbons (Fsp3) is 0.533. The summed E-state index contributed by atoms with van der Waals surface area (Å²) in [4.78, 5) is 14.6. The summed E-state index contributed by atoms with van der Waals surface area (Å²) in [5, 5.41) is 9.66. The van der Waals surface area contributed by atoms with Gasteiger partial charge in [0.15, 0.2) is 0 Å². The van der Waals surface area contributed by atoms with Crippen LogP contribution in [0.3, 0.4) is 0 Å². The molecule has 2 fully saturated rings. The van der Waals surface area contributed by atoms with Crippen LogP contribution in [0.25, 0.3) is 0 Å². The first-order valence-corrected chi connectivity index (χ1v) is 7.73. The average Bonchev–Trinajstić information content (AvgIpc) is 2.63. The highest BCUT2D eigenvalue weighted by atomic mass is 32.2. The minimum Gasteiger partial charge on any atom is -0.478 e. The third-order valence-electron chi connectivity index (χ3n) is 4.44. The van der Waals surface area contributed by atoms with E-state index in [1.807, 2.05) is 23.9 Å². The molecule has 2 aliphatic rings. The van der Waals surface area contributed by atoms with E-state index in [4.69, 9.17) is 5.11 Å². The molecule has 2 aliphatic heterocycles. The molecule has 102 valence electrons. The number of carboxylic acid groups (broad SMARTS) is 1. The molecule has 0 saturated carbocycles. The standard InChI is InChI=1S/C15H19NO2S/c1-16-11-5-6-12(16)9-14(8-11)19-13-4-2-3-10(7-13)15(17)18/h2-4,7,11-12,14H,5-6,8-9H2,1H3,(H,17,18)/t11-,12+,14-. The maximum Gasteiger partial charge on any atom is 0.335 e. The van der Waals surface area contributed by atoms with Gasteiger partial charge in [0.05, 0.1) is 5.56 Å². The Balaban J connectivity index is 1.69. The number of piperidine rings is 1. The lowest BCUT2D eigenvalue weighted by molar-refractivity contribution is 0.0696. The van der Waals surface area contributed by atoms with E-state index < -0.39 is 5.97 Å². The number of nitrogens with zero attached hydrogens (tertiary/aromatic N) is 1. The summed E-state index contributed by atoms with van der Waals surface area (Å²) in [6, 6.07) is 8.79. The van der Waals surface area contributed by atoms with Crippen molar-refractivity contribution in [2.45, 2.75) is 47.9 Å². The second-order valence-electron chi connectivity index (χ2n) is 5.59. The van der Waals surface area contributed by atoms with E-state index in [1.165, 1.54) is 25.7 Å². The Morgan fingerprint density at radius 3 is 2.63 bits per heavy atom. The Hall–Kier alpha value is -1.00. The van der Waals surface area contributed by atoms with E-state index in [-0.39, 0.29) is 0 Å². The summed E-state index contributed by atoms with van der Waals surface area (Å²) >= 11 is 1.86. The zero-order chi connectivity index (χ0) is 13.4. The van der Waals surface area contributed by atoms with Crippen LogP contribution in [-0.4, -0.2) is 40.4 Å². The van der Waals surface area contributed by atoms with Crippen LogP contribution in [0, 0.1) is 0 Å². The van der Waals surface area contributed by atoms with Gasteiger partial charge >= 0.3 is 5.97 Å². The van der Waals surface area contributed by atoms with Crippen LogP contribution in [0.4, 0.5) is 0 Å².